The first-order valence-electron chi connectivity index (χ1n) is 13.3. The molecule has 8 nitrogen and oxygen atoms in total. The monoisotopic (exact) mass is 509 g/mol. The molecule has 3 atom stereocenters. The first kappa shape index (κ1) is 27.1. The van der Waals surface area contributed by atoms with Crippen molar-refractivity contribution in [1.29, 1.82) is 0 Å². The third-order valence-corrected chi connectivity index (χ3v) is 7.51. The fraction of sp³-hybridized carbons (Fsp3) is 0.552. The second-order valence-corrected chi connectivity index (χ2v) is 11.1. The number of nitrogens with one attached hydrogen (secondary N) is 2. The van der Waals surface area contributed by atoms with Gasteiger partial charge in [-0.1, -0.05) is 44.2 Å². The van der Waals surface area contributed by atoms with Crippen LogP contribution in [0.1, 0.15) is 61.2 Å². The molecule has 3 unspecified atom stereocenters. The van der Waals surface area contributed by atoms with Crippen LogP contribution in [0.3, 0.4) is 0 Å². The molecule has 2 aromatic rings. The van der Waals surface area contributed by atoms with Crippen LogP contribution in [0.4, 0.5) is 0 Å². The number of rotatable bonds is 11. The Bertz CT molecular complexity index is 1070. The summed E-state index contributed by atoms with van der Waals surface area (Å²) in [5.41, 5.74) is 1.38. The predicted octanol–water partition coefficient (Wildman–Crippen LogP) is 3.28. The maximum absolute atomic E-state index is 13.6. The Labute approximate surface area is 219 Å². The van der Waals surface area contributed by atoms with Crippen LogP contribution in [0.5, 0.6) is 0 Å². The number of aryl methyl sites for hydroxylation is 2. The Hall–Kier alpha value is -2.97. The number of amides is 2. The first-order chi connectivity index (χ1) is 17.7. The van der Waals surface area contributed by atoms with Crippen LogP contribution in [0.2, 0.25) is 0 Å². The largest absolute Gasteiger partial charge is 0.469 e. The zero-order valence-electron chi connectivity index (χ0n) is 22.1. The molecule has 4 rings (SSSR count). The number of ether oxygens (including phenoxy) is 1. The number of nitrogens with zero attached hydrogens (tertiary/aromatic N) is 1. The fourth-order valence-electron chi connectivity index (χ4n) is 5.24. The van der Waals surface area contributed by atoms with Gasteiger partial charge in [-0.15, -0.1) is 0 Å². The highest BCUT2D eigenvalue weighted by Crippen LogP contribution is 2.29. The summed E-state index contributed by atoms with van der Waals surface area (Å²) < 4.78 is 11.0. The summed E-state index contributed by atoms with van der Waals surface area (Å²) in [6, 6.07) is 10.3. The second-order valence-electron chi connectivity index (χ2n) is 11.1. The highest BCUT2D eigenvalue weighted by atomic mass is 16.5. The number of carbonyl (C=O) groups excluding carboxylic acids is 3. The van der Waals surface area contributed by atoms with E-state index in [9.17, 15) is 14.4 Å². The molecule has 200 valence electrons. The quantitative estimate of drug-likeness (QED) is 0.482. The summed E-state index contributed by atoms with van der Waals surface area (Å²) in [4.78, 5) is 41.6. The highest BCUT2D eigenvalue weighted by Gasteiger charge is 2.40. The molecule has 2 N–H and O–H groups in total. The molecule has 2 aliphatic heterocycles. The van der Waals surface area contributed by atoms with Gasteiger partial charge < -0.3 is 24.7 Å². The van der Waals surface area contributed by atoms with Gasteiger partial charge in [0.25, 0.3) is 5.91 Å². The number of Topliss-reactive ketones (excluding diaryl/α,β-unsaturated/α-hetero) is 1. The summed E-state index contributed by atoms with van der Waals surface area (Å²) >= 11 is 0. The molecule has 2 aliphatic rings. The lowest BCUT2D eigenvalue weighted by molar-refractivity contribution is -0.128. The van der Waals surface area contributed by atoms with E-state index in [4.69, 9.17) is 9.15 Å². The van der Waals surface area contributed by atoms with Crippen LogP contribution in [0, 0.1) is 12.3 Å². The number of furan rings is 1. The molecule has 1 aromatic heterocycles. The van der Waals surface area contributed by atoms with Gasteiger partial charge in [0.15, 0.2) is 5.78 Å². The minimum atomic E-state index is -0.812. The normalized spacial score (nSPS) is 21.2. The summed E-state index contributed by atoms with van der Waals surface area (Å²) in [5.74, 6) is -0.368. The molecule has 3 heterocycles. The topological polar surface area (TPSA) is 101 Å². The maximum atomic E-state index is 13.6. The minimum Gasteiger partial charge on any atom is -0.469 e. The van der Waals surface area contributed by atoms with Crippen molar-refractivity contribution in [3.63, 3.8) is 0 Å². The third kappa shape index (κ3) is 7.29. The summed E-state index contributed by atoms with van der Waals surface area (Å²) in [5, 5.41) is 5.85. The third-order valence-electron chi connectivity index (χ3n) is 7.51. The minimum absolute atomic E-state index is 0.00272. The molecule has 0 radical (unpaired) electrons. The van der Waals surface area contributed by atoms with E-state index in [1.54, 1.807) is 13.0 Å². The number of likely N-dealkylation sites (tertiary alicyclic amines) is 1. The summed E-state index contributed by atoms with van der Waals surface area (Å²) in [6.07, 6.45) is 5.48. The number of hydrogen-bond acceptors (Lipinski definition) is 6. The molecule has 37 heavy (non-hydrogen) atoms. The predicted molar refractivity (Wildman–Crippen MR) is 140 cm³/mol. The van der Waals surface area contributed by atoms with E-state index in [0.29, 0.717) is 24.3 Å². The molecule has 0 spiro atoms. The van der Waals surface area contributed by atoms with Crippen molar-refractivity contribution >= 4 is 17.6 Å². The average molecular weight is 510 g/mol. The first-order valence-corrected chi connectivity index (χ1v) is 13.3. The zero-order valence-corrected chi connectivity index (χ0v) is 22.1. The molecule has 0 saturated carbocycles. The Kier molecular flexibility index (Phi) is 8.82. The highest BCUT2D eigenvalue weighted by molar-refractivity contribution is 5.99. The molecule has 1 aromatic carbocycles. The van der Waals surface area contributed by atoms with Gasteiger partial charge in [0.05, 0.1) is 17.9 Å². The van der Waals surface area contributed by atoms with Crippen molar-refractivity contribution in [2.45, 2.75) is 71.1 Å². The lowest BCUT2D eigenvalue weighted by Crippen LogP contribution is -2.55. The lowest BCUT2D eigenvalue weighted by Gasteiger charge is -2.31. The van der Waals surface area contributed by atoms with Gasteiger partial charge in [0, 0.05) is 6.54 Å². The SMILES string of the molecule is Cc1occc1C(=O)NC(CC(C)(C)CCc1ccccc1)C(=O)NC1C(=O)COC1CN1CCCC1. The van der Waals surface area contributed by atoms with E-state index >= 15 is 0 Å². The van der Waals surface area contributed by atoms with Crippen molar-refractivity contribution in [3.05, 3.63) is 59.5 Å². The molecular weight excluding hydrogens is 470 g/mol. The van der Waals surface area contributed by atoms with Crippen LogP contribution in [-0.4, -0.2) is 66.9 Å². The van der Waals surface area contributed by atoms with Crippen molar-refractivity contribution < 1.29 is 23.5 Å². The number of hydrogen-bond donors (Lipinski definition) is 2. The van der Waals surface area contributed by atoms with Gasteiger partial charge in [-0.25, -0.2) is 0 Å². The molecule has 0 aliphatic carbocycles. The van der Waals surface area contributed by atoms with E-state index < -0.39 is 12.1 Å². The second kappa shape index (κ2) is 12.0. The van der Waals surface area contributed by atoms with Crippen LogP contribution >= 0.6 is 0 Å². The molecular formula is C29H39N3O5. The van der Waals surface area contributed by atoms with Crippen LogP contribution in [0.15, 0.2) is 47.1 Å². The Morgan fingerprint density at radius 1 is 1.14 bits per heavy atom. The van der Waals surface area contributed by atoms with Crippen molar-refractivity contribution in [2.75, 3.05) is 26.2 Å². The standard InChI is InChI=1S/C29H39N3O5/c1-20-22(12-16-36-20)27(34)30-23(17-29(2,3)13-11-21-9-5-4-6-10-21)28(35)31-26-24(33)19-37-25(26)18-32-14-7-8-15-32/h4-6,9-10,12,16,23,25-26H,7-8,11,13-15,17-19H2,1-3H3,(H,30,34)(H,31,35). The van der Waals surface area contributed by atoms with Crippen LogP contribution in [0.25, 0.3) is 0 Å². The fourth-order valence-corrected chi connectivity index (χ4v) is 5.24. The Morgan fingerprint density at radius 2 is 1.86 bits per heavy atom. The average Bonchev–Trinajstić information content (AvgIpc) is 3.62. The van der Waals surface area contributed by atoms with Gasteiger partial charge in [-0.3, -0.25) is 14.4 Å². The van der Waals surface area contributed by atoms with Crippen LogP contribution < -0.4 is 10.6 Å². The Morgan fingerprint density at radius 3 is 2.54 bits per heavy atom. The van der Waals surface area contributed by atoms with E-state index in [1.807, 2.05) is 18.2 Å². The van der Waals surface area contributed by atoms with Crippen LogP contribution in [-0.2, 0) is 20.7 Å². The van der Waals surface area contributed by atoms with Gasteiger partial charge in [0.1, 0.15) is 24.5 Å². The summed E-state index contributed by atoms with van der Waals surface area (Å²) in [7, 11) is 0. The van der Waals surface area contributed by atoms with Crippen molar-refractivity contribution in [1.82, 2.24) is 15.5 Å². The zero-order chi connectivity index (χ0) is 26.4. The van der Waals surface area contributed by atoms with E-state index in [2.05, 4.69) is 41.5 Å². The van der Waals surface area contributed by atoms with Gasteiger partial charge in [-0.2, -0.15) is 0 Å². The molecule has 2 amide bonds. The number of benzene rings is 1. The number of carbonyl (C=O) groups is 3. The van der Waals surface area contributed by atoms with E-state index in [1.165, 1.54) is 11.8 Å². The Balaban J connectivity index is 1.46. The van der Waals surface area contributed by atoms with Crippen molar-refractivity contribution in [3.8, 4) is 0 Å². The van der Waals surface area contributed by atoms with E-state index in [-0.39, 0.29) is 35.7 Å². The molecule has 8 heteroatoms. The smallest absolute Gasteiger partial charge is 0.255 e. The molecule has 2 saturated heterocycles. The van der Waals surface area contributed by atoms with E-state index in [0.717, 1.165) is 38.8 Å². The van der Waals surface area contributed by atoms with Gasteiger partial charge in [-0.05, 0) is 69.2 Å². The lowest BCUT2D eigenvalue weighted by atomic mass is 9.80. The molecule has 2 fully saturated rings. The summed E-state index contributed by atoms with van der Waals surface area (Å²) in [6.45, 7) is 8.49. The maximum Gasteiger partial charge on any atom is 0.255 e. The number of ketones is 1. The van der Waals surface area contributed by atoms with Gasteiger partial charge >= 0.3 is 0 Å². The van der Waals surface area contributed by atoms with Crippen molar-refractivity contribution in [2.24, 2.45) is 5.41 Å². The van der Waals surface area contributed by atoms with Gasteiger partial charge in [0.2, 0.25) is 5.91 Å². The molecule has 0 bridgehead atoms.